The lowest BCUT2D eigenvalue weighted by Gasteiger charge is -2.10. The zero-order valence-electron chi connectivity index (χ0n) is 13.4. The van der Waals surface area contributed by atoms with Gasteiger partial charge in [-0.25, -0.2) is 0 Å². The highest BCUT2D eigenvalue weighted by atomic mass is 16.5. The third-order valence-electron chi connectivity index (χ3n) is 3.92. The Morgan fingerprint density at radius 1 is 1.17 bits per heavy atom. The smallest absolute Gasteiger partial charge is 0.220 e. The summed E-state index contributed by atoms with van der Waals surface area (Å²) in [5, 5.41) is 13.0. The van der Waals surface area contributed by atoms with Gasteiger partial charge in [-0.3, -0.25) is 4.79 Å². The summed E-state index contributed by atoms with van der Waals surface area (Å²) < 4.78 is 5.81. The van der Waals surface area contributed by atoms with Gasteiger partial charge in [0.15, 0.2) is 0 Å². The molecule has 0 aliphatic carbocycles. The number of rotatable bonds is 6. The summed E-state index contributed by atoms with van der Waals surface area (Å²) in [7, 11) is 0. The number of benzene rings is 2. The molecule has 0 aromatic heterocycles. The summed E-state index contributed by atoms with van der Waals surface area (Å²) in [6.45, 7) is 0. The molecule has 0 spiro atoms. The number of nitrogens with one attached hydrogen (secondary N) is 1. The number of hydrogen-bond acceptors (Lipinski definition) is 3. The van der Waals surface area contributed by atoms with Gasteiger partial charge in [0, 0.05) is 18.9 Å². The second-order valence-electron chi connectivity index (χ2n) is 5.93. The van der Waals surface area contributed by atoms with E-state index in [9.17, 15) is 9.90 Å². The predicted octanol–water partition coefficient (Wildman–Crippen LogP) is 3.22. The first-order valence-corrected chi connectivity index (χ1v) is 8.16. The minimum Gasteiger partial charge on any atom is -0.457 e. The molecule has 1 unspecified atom stereocenters. The summed E-state index contributed by atoms with van der Waals surface area (Å²) in [6.07, 6.45) is 4.89. The van der Waals surface area contributed by atoms with Gasteiger partial charge in [0.25, 0.3) is 0 Å². The van der Waals surface area contributed by atoms with E-state index < -0.39 is 6.10 Å². The van der Waals surface area contributed by atoms with Crippen molar-refractivity contribution < 1.29 is 14.6 Å². The number of carbonyl (C=O) groups excluding carboxylic acids is 1. The van der Waals surface area contributed by atoms with Gasteiger partial charge in [-0.2, -0.15) is 0 Å². The van der Waals surface area contributed by atoms with Crippen LogP contribution in [-0.2, 0) is 11.2 Å². The van der Waals surface area contributed by atoms with Crippen molar-refractivity contribution in [2.24, 2.45) is 0 Å². The highest BCUT2D eigenvalue weighted by Gasteiger charge is 2.18. The van der Waals surface area contributed by atoms with Crippen molar-refractivity contribution in [3.8, 4) is 11.5 Å². The minimum atomic E-state index is -0.588. The van der Waals surface area contributed by atoms with Crippen molar-refractivity contribution in [3.05, 3.63) is 72.3 Å². The van der Waals surface area contributed by atoms with Gasteiger partial charge in [0.05, 0.1) is 6.10 Å². The molecule has 1 amide bonds. The van der Waals surface area contributed by atoms with Crippen LogP contribution in [0.25, 0.3) is 0 Å². The Morgan fingerprint density at radius 2 is 1.96 bits per heavy atom. The summed E-state index contributed by atoms with van der Waals surface area (Å²) in [5.41, 5.74) is 0.996. The molecule has 2 N–H and O–H groups in total. The molecule has 1 saturated heterocycles. The molecular formula is C20H21NO3. The molecule has 0 bridgehead atoms. The van der Waals surface area contributed by atoms with E-state index in [2.05, 4.69) is 5.32 Å². The van der Waals surface area contributed by atoms with Crippen molar-refractivity contribution in [2.75, 3.05) is 0 Å². The number of aliphatic hydroxyl groups is 1. The van der Waals surface area contributed by atoms with E-state index in [0.29, 0.717) is 12.8 Å². The Balaban J connectivity index is 1.57. The van der Waals surface area contributed by atoms with Gasteiger partial charge >= 0.3 is 0 Å². The van der Waals surface area contributed by atoms with Crippen LogP contribution < -0.4 is 10.1 Å². The molecule has 2 aromatic rings. The highest BCUT2D eigenvalue weighted by molar-refractivity contribution is 5.78. The average molecular weight is 323 g/mol. The van der Waals surface area contributed by atoms with Gasteiger partial charge in [-0.05, 0) is 36.2 Å². The van der Waals surface area contributed by atoms with E-state index in [-0.39, 0.29) is 11.9 Å². The molecule has 4 nitrogen and oxygen atoms in total. The SMILES string of the molecule is O=C1CCC(C=C[C@H](O)Cc2cccc(Oc3ccccc3)c2)N1. The van der Waals surface area contributed by atoms with Gasteiger partial charge in [-0.1, -0.05) is 42.5 Å². The Labute approximate surface area is 141 Å². The second-order valence-corrected chi connectivity index (χ2v) is 5.93. The van der Waals surface area contributed by atoms with E-state index in [0.717, 1.165) is 23.5 Å². The molecule has 1 aliphatic rings. The second kappa shape index (κ2) is 7.79. The van der Waals surface area contributed by atoms with Gasteiger partial charge in [-0.15, -0.1) is 0 Å². The van der Waals surface area contributed by atoms with Crippen molar-refractivity contribution in [1.29, 1.82) is 0 Å². The van der Waals surface area contributed by atoms with Crippen LogP contribution in [-0.4, -0.2) is 23.2 Å². The van der Waals surface area contributed by atoms with E-state index in [1.807, 2.05) is 60.7 Å². The molecule has 0 saturated carbocycles. The summed E-state index contributed by atoms with van der Waals surface area (Å²) in [6, 6.07) is 17.4. The van der Waals surface area contributed by atoms with Crippen molar-refractivity contribution in [2.45, 2.75) is 31.4 Å². The number of carbonyl (C=O) groups is 1. The Bertz CT molecular complexity index is 712. The minimum absolute atomic E-state index is 0.0416. The lowest BCUT2D eigenvalue weighted by Crippen LogP contribution is -2.23. The average Bonchev–Trinajstić information content (AvgIpc) is 3.00. The summed E-state index contributed by atoms with van der Waals surface area (Å²) in [5.74, 6) is 1.61. The van der Waals surface area contributed by atoms with Crippen LogP contribution in [0.3, 0.4) is 0 Å². The molecule has 3 rings (SSSR count). The molecule has 1 fully saturated rings. The van der Waals surface area contributed by atoms with Gasteiger partial charge < -0.3 is 15.2 Å². The predicted molar refractivity (Wildman–Crippen MR) is 93.0 cm³/mol. The van der Waals surface area contributed by atoms with E-state index in [1.165, 1.54) is 0 Å². The van der Waals surface area contributed by atoms with Crippen molar-refractivity contribution in [3.63, 3.8) is 0 Å². The number of aliphatic hydroxyl groups excluding tert-OH is 1. The van der Waals surface area contributed by atoms with Crippen LogP contribution in [0, 0.1) is 0 Å². The summed E-state index contributed by atoms with van der Waals surface area (Å²) in [4.78, 5) is 11.2. The maximum atomic E-state index is 11.2. The van der Waals surface area contributed by atoms with E-state index >= 15 is 0 Å². The fourth-order valence-electron chi connectivity index (χ4n) is 2.71. The zero-order valence-corrected chi connectivity index (χ0v) is 13.4. The molecule has 124 valence electrons. The zero-order chi connectivity index (χ0) is 16.8. The maximum absolute atomic E-state index is 11.2. The van der Waals surface area contributed by atoms with Crippen molar-refractivity contribution in [1.82, 2.24) is 5.32 Å². The Kier molecular flexibility index (Phi) is 5.29. The number of ether oxygens (including phenoxy) is 1. The topological polar surface area (TPSA) is 58.6 Å². The lowest BCUT2D eigenvalue weighted by atomic mass is 10.1. The van der Waals surface area contributed by atoms with Crippen LogP contribution >= 0.6 is 0 Å². The largest absolute Gasteiger partial charge is 0.457 e. The van der Waals surface area contributed by atoms with Crippen LogP contribution in [0.1, 0.15) is 18.4 Å². The molecule has 4 heteroatoms. The third-order valence-corrected chi connectivity index (χ3v) is 3.92. The normalized spacial score (nSPS) is 18.5. The lowest BCUT2D eigenvalue weighted by molar-refractivity contribution is -0.119. The molecule has 2 atom stereocenters. The van der Waals surface area contributed by atoms with Gasteiger partial charge in [0.2, 0.25) is 5.91 Å². The number of hydrogen-bond donors (Lipinski definition) is 2. The van der Waals surface area contributed by atoms with Crippen LogP contribution in [0.5, 0.6) is 11.5 Å². The van der Waals surface area contributed by atoms with Crippen molar-refractivity contribution >= 4 is 5.91 Å². The maximum Gasteiger partial charge on any atom is 0.220 e. The number of para-hydroxylation sites is 1. The van der Waals surface area contributed by atoms with Crippen LogP contribution in [0.15, 0.2) is 66.7 Å². The molecular weight excluding hydrogens is 302 g/mol. The molecule has 1 aliphatic heterocycles. The van der Waals surface area contributed by atoms with E-state index in [4.69, 9.17) is 4.74 Å². The van der Waals surface area contributed by atoms with E-state index in [1.54, 1.807) is 6.08 Å². The molecule has 0 radical (unpaired) electrons. The Morgan fingerprint density at radius 3 is 2.71 bits per heavy atom. The standard InChI is InChI=1S/C20H21NO3/c22-17(11-9-16-10-12-20(23)21-16)13-15-5-4-8-19(14-15)24-18-6-2-1-3-7-18/h1-9,11,14,16-17,22H,10,12-13H2,(H,21,23)/t16?,17-/m0/s1. The first-order valence-electron chi connectivity index (χ1n) is 8.16. The first-order chi connectivity index (χ1) is 11.7. The molecule has 2 aromatic carbocycles. The summed E-state index contributed by atoms with van der Waals surface area (Å²) >= 11 is 0. The molecule has 1 heterocycles. The molecule has 24 heavy (non-hydrogen) atoms. The quantitative estimate of drug-likeness (QED) is 0.803. The fraction of sp³-hybridized carbons (Fsp3) is 0.250. The van der Waals surface area contributed by atoms with Gasteiger partial charge in [0.1, 0.15) is 11.5 Å². The fourth-order valence-corrected chi connectivity index (χ4v) is 2.71. The monoisotopic (exact) mass is 323 g/mol. The van der Waals surface area contributed by atoms with Crippen LogP contribution in [0.2, 0.25) is 0 Å². The first kappa shape index (κ1) is 16.3. The number of amides is 1. The Hall–Kier alpha value is -2.59. The highest BCUT2D eigenvalue weighted by Crippen LogP contribution is 2.22. The van der Waals surface area contributed by atoms with Crippen LogP contribution in [0.4, 0.5) is 0 Å². The third kappa shape index (κ3) is 4.70.